The molecular formula is C78H88BN3. The van der Waals surface area contributed by atoms with Crippen LogP contribution in [0.15, 0.2) is 140 Å². The Bertz CT molecular complexity index is 4050. The maximum atomic E-state index is 9.45. The zero-order valence-electron chi connectivity index (χ0n) is 55.5. The molecule has 0 unspecified atom stereocenters. The van der Waals surface area contributed by atoms with Crippen LogP contribution in [0.25, 0.3) is 11.1 Å². The Hall–Kier alpha value is -6.78. The van der Waals surface area contributed by atoms with Crippen LogP contribution in [0.1, 0.15) is 202 Å². The van der Waals surface area contributed by atoms with Crippen molar-refractivity contribution >= 4 is 74.3 Å². The van der Waals surface area contributed by atoms with E-state index < -0.39 is 6.85 Å². The lowest BCUT2D eigenvalue weighted by Gasteiger charge is -2.48. The van der Waals surface area contributed by atoms with Gasteiger partial charge in [0.15, 0.2) is 0 Å². The smallest absolute Gasteiger partial charge is 0.252 e. The predicted molar refractivity (Wildman–Crippen MR) is 355 cm³/mol. The van der Waals surface area contributed by atoms with Crippen LogP contribution in [0.3, 0.4) is 0 Å². The fourth-order valence-corrected chi connectivity index (χ4v) is 15.4. The van der Waals surface area contributed by atoms with E-state index in [1.54, 1.807) is 0 Å². The Kier molecular flexibility index (Phi) is 11.1. The van der Waals surface area contributed by atoms with Gasteiger partial charge in [0.05, 0.1) is 0 Å². The molecule has 0 aromatic heterocycles. The molecule has 0 N–H and O–H groups in total. The summed E-state index contributed by atoms with van der Waals surface area (Å²) in [6.45, 7) is 39.7. The number of nitrogens with zero attached hydrogens (tertiary/aromatic N) is 3. The molecule has 0 bridgehead atoms. The second kappa shape index (κ2) is 17.9. The van der Waals surface area contributed by atoms with Crippen LogP contribution in [-0.2, 0) is 37.9 Å². The molecule has 0 radical (unpaired) electrons. The van der Waals surface area contributed by atoms with Crippen molar-refractivity contribution in [2.24, 2.45) is 0 Å². The first-order valence-corrected chi connectivity index (χ1v) is 30.6. The maximum Gasteiger partial charge on any atom is 0.252 e. The summed E-state index contributed by atoms with van der Waals surface area (Å²) in [7, 11) is 0. The minimum absolute atomic E-state index is 0.0247. The van der Waals surface area contributed by atoms with E-state index in [9.17, 15) is 4.11 Å². The highest BCUT2D eigenvalue weighted by atomic mass is 15.2. The SMILES string of the molecule is [2H]C([2H])([2H])c1cc2c3c(c1)N(c1ccc4c(c1)C(C)(C)CCC4(C)C)c1cc4c(cc1B3c1ccc(N(c3ccc(C(C)(C)C)cc3C)c3ccc(C(C)(C)C)cc3C)cc1N2c1ccc2c(c1)C(C)(C)c1ccccc1-2)C(C)(C)CCC4(C)C. The van der Waals surface area contributed by atoms with Gasteiger partial charge in [-0.15, -0.1) is 0 Å². The second-order valence-electron chi connectivity index (χ2n) is 30.7. The van der Waals surface area contributed by atoms with Crippen LogP contribution in [0.5, 0.6) is 0 Å². The molecule has 0 atom stereocenters. The average Bonchev–Trinajstić information content (AvgIpc) is 0.979. The number of fused-ring (bicyclic) bond motifs is 9. The molecule has 0 fully saturated rings. The predicted octanol–water partition coefficient (Wildman–Crippen LogP) is 19.8. The molecule has 82 heavy (non-hydrogen) atoms. The summed E-state index contributed by atoms with van der Waals surface area (Å²) in [5, 5.41) is 0. The molecule has 0 amide bonds. The highest BCUT2D eigenvalue weighted by Gasteiger charge is 2.48. The van der Waals surface area contributed by atoms with E-state index in [0.717, 1.165) is 82.3 Å². The Balaban J connectivity index is 1.15. The van der Waals surface area contributed by atoms with Crippen molar-refractivity contribution in [3.05, 3.63) is 201 Å². The summed E-state index contributed by atoms with van der Waals surface area (Å²) in [5.74, 6) is 0. The summed E-state index contributed by atoms with van der Waals surface area (Å²) in [4.78, 5) is 7.44. The fraction of sp³-hybridized carbons (Fsp3) is 0.385. The van der Waals surface area contributed by atoms with E-state index in [1.807, 2.05) is 12.1 Å². The van der Waals surface area contributed by atoms with Crippen molar-refractivity contribution < 1.29 is 4.11 Å². The van der Waals surface area contributed by atoms with Crippen molar-refractivity contribution in [3.8, 4) is 11.1 Å². The monoisotopic (exact) mass is 1080 g/mol. The Morgan fingerprint density at radius 3 is 1.48 bits per heavy atom. The molecule has 4 heteroatoms. The first-order valence-electron chi connectivity index (χ1n) is 32.1. The molecule has 8 aromatic rings. The lowest BCUT2D eigenvalue weighted by Crippen LogP contribution is -2.62. The van der Waals surface area contributed by atoms with Crippen molar-refractivity contribution in [2.45, 2.75) is 195 Å². The van der Waals surface area contributed by atoms with E-state index in [-0.39, 0.29) is 44.6 Å². The average molecular weight is 1080 g/mol. The number of hydrogen-bond acceptors (Lipinski definition) is 3. The normalized spacial score (nSPS) is 18.9. The molecule has 2 aliphatic heterocycles. The minimum Gasteiger partial charge on any atom is -0.311 e. The first kappa shape index (κ1) is 50.9. The molecule has 0 saturated heterocycles. The van der Waals surface area contributed by atoms with Crippen LogP contribution in [0, 0.1) is 20.7 Å². The van der Waals surface area contributed by atoms with E-state index in [2.05, 4.69) is 267 Å². The van der Waals surface area contributed by atoms with Gasteiger partial charge in [-0.3, -0.25) is 0 Å². The van der Waals surface area contributed by atoms with E-state index in [1.165, 1.54) is 77.7 Å². The van der Waals surface area contributed by atoms with E-state index in [4.69, 9.17) is 0 Å². The van der Waals surface area contributed by atoms with Crippen LogP contribution in [0.4, 0.5) is 51.2 Å². The third-order valence-electron chi connectivity index (χ3n) is 20.8. The van der Waals surface area contributed by atoms with Gasteiger partial charge >= 0.3 is 0 Å². The molecule has 13 rings (SSSR count). The maximum absolute atomic E-state index is 9.45. The van der Waals surface area contributed by atoms with Gasteiger partial charge in [-0.05, 0) is 234 Å². The quantitative estimate of drug-likeness (QED) is 0.159. The lowest BCUT2D eigenvalue weighted by molar-refractivity contribution is 0.332. The first-order chi connectivity index (χ1) is 39.6. The van der Waals surface area contributed by atoms with Crippen LogP contribution in [0.2, 0.25) is 0 Å². The van der Waals surface area contributed by atoms with Gasteiger partial charge < -0.3 is 14.7 Å². The largest absolute Gasteiger partial charge is 0.311 e. The van der Waals surface area contributed by atoms with Crippen molar-refractivity contribution in [2.75, 3.05) is 14.7 Å². The molecule has 2 heterocycles. The summed E-state index contributed by atoms with van der Waals surface area (Å²) < 4.78 is 28.3. The zero-order chi connectivity index (χ0) is 60.8. The van der Waals surface area contributed by atoms with Crippen molar-refractivity contribution in [1.82, 2.24) is 0 Å². The minimum atomic E-state index is -2.42. The summed E-state index contributed by atoms with van der Waals surface area (Å²) in [5.41, 5.74) is 28.5. The van der Waals surface area contributed by atoms with Crippen molar-refractivity contribution in [3.63, 3.8) is 0 Å². The van der Waals surface area contributed by atoms with Gasteiger partial charge in [-0.1, -0.05) is 184 Å². The molecule has 5 aliphatic rings. The van der Waals surface area contributed by atoms with Crippen LogP contribution < -0.4 is 31.1 Å². The summed E-state index contributed by atoms with van der Waals surface area (Å²) in [6.07, 6.45) is 4.39. The molecule has 3 aliphatic carbocycles. The molecular weight excluding hydrogens is 990 g/mol. The molecule has 3 nitrogen and oxygen atoms in total. The van der Waals surface area contributed by atoms with Gasteiger partial charge in [0.2, 0.25) is 0 Å². The highest BCUT2D eigenvalue weighted by molar-refractivity contribution is 7.00. The second-order valence-corrected chi connectivity index (χ2v) is 30.7. The Morgan fingerprint density at radius 1 is 0.439 bits per heavy atom. The van der Waals surface area contributed by atoms with Crippen LogP contribution in [-0.4, -0.2) is 6.71 Å². The number of benzene rings is 8. The zero-order valence-corrected chi connectivity index (χ0v) is 52.5. The lowest BCUT2D eigenvalue weighted by atomic mass is 9.33. The number of anilines is 9. The van der Waals surface area contributed by atoms with Gasteiger partial charge in [0.1, 0.15) is 0 Å². The van der Waals surface area contributed by atoms with Crippen LogP contribution >= 0.6 is 0 Å². The van der Waals surface area contributed by atoms with Gasteiger partial charge in [-0.2, -0.15) is 0 Å². The fourth-order valence-electron chi connectivity index (χ4n) is 15.4. The third kappa shape index (κ3) is 8.25. The summed E-state index contributed by atoms with van der Waals surface area (Å²) >= 11 is 0. The van der Waals surface area contributed by atoms with Gasteiger partial charge in [-0.25, -0.2) is 0 Å². The number of aryl methyl sites for hydroxylation is 3. The number of hydrogen-bond donors (Lipinski definition) is 0. The Morgan fingerprint density at radius 2 is 0.927 bits per heavy atom. The molecule has 8 aromatic carbocycles. The Labute approximate surface area is 497 Å². The van der Waals surface area contributed by atoms with Crippen molar-refractivity contribution in [1.29, 1.82) is 0 Å². The van der Waals surface area contributed by atoms with E-state index in [0.29, 0.717) is 5.56 Å². The van der Waals surface area contributed by atoms with E-state index >= 15 is 0 Å². The highest BCUT2D eigenvalue weighted by Crippen LogP contribution is 2.55. The standard InChI is InChI=1S/C78H88BN3/c1-47-38-69-71-70(39-47)82(53-27-30-58-60(43-53)75(12,13)35-34-74(58,10)11)68-46-62-61(76(14,15)36-37-77(62,16)17)45-64(68)79(71)63-31-28-54(44-67(63)81(69)52-26-29-56-55-22-20-21-23-57(55)78(18,19)59(56)42-52)80(65-32-24-50(40-48(65)2)72(4,5)6)66-33-25-51(41-49(66)3)73(7,8)9/h20-33,38-46H,34-37H2,1-19H3/i1D3. The molecule has 0 spiro atoms. The van der Waals surface area contributed by atoms with Gasteiger partial charge in [0.25, 0.3) is 6.71 Å². The molecule has 0 saturated carbocycles. The number of rotatable bonds is 5. The molecule has 418 valence electrons. The summed E-state index contributed by atoms with van der Waals surface area (Å²) in [6, 6.07) is 53.7. The third-order valence-corrected chi connectivity index (χ3v) is 20.8. The van der Waals surface area contributed by atoms with Gasteiger partial charge in [0, 0.05) is 60.7 Å². The topological polar surface area (TPSA) is 9.72 Å².